The molecule has 144 valence electrons. The van der Waals surface area contributed by atoms with Crippen LogP contribution in [-0.4, -0.2) is 49.1 Å². The normalized spacial score (nSPS) is 16.7. The number of aromatic nitrogens is 4. The first kappa shape index (κ1) is 18.0. The molecule has 0 unspecified atom stereocenters. The van der Waals surface area contributed by atoms with E-state index in [9.17, 15) is 9.59 Å². The van der Waals surface area contributed by atoms with Gasteiger partial charge in [-0.2, -0.15) is 5.10 Å². The largest absolute Gasteiger partial charge is 0.340 e. The predicted molar refractivity (Wildman–Crippen MR) is 104 cm³/mol. The third kappa shape index (κ3) is 4.11. The average molecular weight is 378 g/mol. The number of amides is 2. The van der Waals surface area contributed by atoms with E-state index in [1.807, 2.05) is 36.5 Å². The fourth-order valence-corrected chi connectivity index (χ4v) is 3.45. The van der Waals surface area contributed by atoms with Crippen LogP contribution in [0.1, 0.15) is 12.8 Å². The molecule has 0 radical (unpaired) electrons. The highest BCUT2D eigenvalue weighted by Crippen LogP contribution is 2.20. The number of nitrogens with one attached hydrogen (secondary N) is 1. The second kappa shape index (κ2) is 8.08. The zero-order chi connectivity index (χ0) is 19.3. The lowest BCUT2D eigenvalue weighted by Gasteiger charge is -2.32. The topological polar surface area (TPSA) is 85.0 Å². The summed E-state index contributed by atoms with van der Waals surface area (Å²) in [7, 11) is 0. The van der Waals surface area contributed by atoms with Gasteiger partial charge >= 0.3 is 0 Å². The molecule has 8 nitrogen and oxygen atoms in total. The van der Waals surface area contributed by atoms with Gasteiger partial charge < -0.3 is 14.8 Å². The molecule has 0 saturated carbocycles. The SMILES string of the molecule is O=C(Nc1cccc(-n2cccn2)c1)[C@@H]1CCCN(C(=O)Cn2ccnc2)C1. The van der Waals surface area contributed by atoms with Gasteiger partial charge in [-0.3, -0.25) is 9.59 Å². The van der Waals surface area contributed by atoms with E-state index in [0.717, 1.165) is 24.2 Å². The quantitative estimate of drug-likeness (QED) is 0.735. The Bertz CT molecular complexity index is 936. The first-order valence-electron chi connectivity index (χ1n) is 9.33. The first-order valence-corrected chi connectivity index (χ1v) is 9.33. The Morgan fingerprint density at radius 1 is 1.18 bits per heavy atom. The van der Waals surface area contributed by atoms with E-state index in [1.54, 1.807) is 39.1 Å². The summed E-state index contributed by atoms with van der Waals surface area (Å²) >= 11 is 0. The van der Waals surface area contributed by atoms with Crippen molar-refractivity contribution >= 4 is 17.5 Å². The number of benzene rings is 1. The highest BCUT2D eigenvalue weighted by molar-refractivity contribution is 5.93. The maximum absolute atomic E-state index is 12.8. The summed E-state index contributed by atoms with van der Waals surface area (Å²) in [6.45, 7) is 1.38. The van der Waals surface area contributed by atoms with Crippen LogP contribution in [0, 0.1) is 5.92 Å². The van der Waals surface area contributed by atoms with Gasteiger partial charge in [-0.25, -0.2) is 9.67 Å². The molecule has 2 amide bonds. The molecule has 0 spiro atoms. The van der Waals surface area contributed by atoms with Crippen LogP contribution in [0.3, 0.4) is 0 Å². The lowest BCUT2D eigenvalue weighted by atomic mass is 9.97. The summed E-state index contributed by atoms with van der Waals surface area (Å²) in [5, 5.41) is 7.20. The van der Waals surface area contributed by atoms with E-state index in [0.29, 0.717) is 13.1 Å². The Morgan fingerprint density at radius 2 is 2.11 bits per heavy atom. The minimum Gasteiger partial charge on any atom is -0.340 e. The van der Waals surface area contributed by atoms with Gasteiger partial charge in [-0.1, -0.05) is 6.07 Å². The molecule has 3 heterocycles. The smallest absolute Gasteiger partial charge is 0.242 e. The van der Waals surface area contributed by atoms with Gasteiger partial charge in [0, 0.05) is 43.6 Å². The molecule has 4 rings (SSSR count). The van der Waals surface area contributed by atoms with Crippen molar-refractivity contribution in [3.63, 3.8) is 0 Å². The van der Waals surface area contributed by atoms with Crippen LogP contribution in [0.5, 0.6) is 0 Å². The standard InChI is InChI=1S/C20H22N6O2/c27-19(14-24-11-8-21-15-24)25-9-2-4-16(13-25)20(28)23-17-5-1-6-18(12-17)26-10-3-7-22-26/h1,3,5-8,10-12,15-16H,2,4,9,13-14H2,(H,23,28)/t16-/m1/s1. The number of hydrogen-bond acceptors (Lipinski definition) is 4. The Balaban J connectivity index is 1.38. The maximum atomic E-state index is 12.8. The summed E-state index contributed by atoms with van der Waals surface area (Å²) in [6, 6.07) is 9.41. The molecule has 1 fully saturated rings. The molecular weight excluding hydrogens is 356 g/mol. The van der Waals surface area contributed by atoms with E-state index < -0.39 is 0 Å². The van der Waals surface area contributed by atoms with Crippen molar-refractivity contribution in [2.45, 2.75) is 19.4 Å². The highest BCUT2D eigenvalue weighted by atomic mass is 16.2. The van der Waals surface area contributed by atoms with Crippen molar-refractivity contribution in [2.24, 2.45) is 5.92 Å². The van der Waals surface area contributed by atoms with Crippen LogP contribution in [0.4, 0.5) is 5.69 Å². The van der Waals surface area contributed by atoms with Crippen LogP contribution in [0.25, 0.3) is 5.69 Å². The number of carbonyl (C=O) groups excluding carboxylic acids is 2. The van der Waals surface area contributed by atoms with Crippen LogP contribution < -0.4 is 5.32 Å². The number of anilines is 1. The number of likely N-dealkylation sites (tertiary alicyclic amines) is 1. The van der Waals surface area contributed by atoms with Crippen molar-refractivity contribution in [3.05, 3.63) is 61.4 Å². The number of hydrogen-bond donors (Lipinski definition) is 1. The van der Waals surface area contributed by atoms with E-state index in [-0.39, 0.29) is 24.3 Å². The Hall–Kier alpha value is -3.42. The maximum Gasteiger partial charge on any atom is 0.242 e. The lowest BCUT2D eigenvalue weighted by molar-refractivity contribution is -0.135. The number of imidazole rings is 1. The van der Waals surface area contributed by atoms with Crippen LogP contribution >= 0.6 is 0 Å². The van der Waals surface area contributed by atoms with E-state index in [1.165, 1.54) is 0 Å². The summed E-state index contributed by atoms with van der Waals surface area (Å²) in [4.78, 5) is 31.0. The van der Waals surface area contributed by atoms with Crippen molar-refractivity contribution in [1.29, 1.82) is 0 Å². The van der Waals surface area contributed by atoms with Gasteiger partial charge in [-0.15, -0.1) is 0 Å². The number of nitrogens with zero attached hydrogens (tertiary/aromatic N) is 5. The molecule has 8 heteroatoms. The Labute approximate surface area is 162 Å². The van der Waals surface area contributed by atoms with Gasteiger partial charge in [0.15, 0.2) is 0 Å². The fraction of sp³-hybridized carbons (Fsp3) is 0.300. The van der Waals surface area contributed by atoms with Gasteiger partial charge in [0.25, 0.3) is 0 Å². The molecule has 0 bridgehead atoms. The molecule has 1 aliphatic rings. The zero-order valence-corrected chi connectivity index (χ0v) is 15.4. The van der Waals surface area contributed by atoms with Crippen LogP contribution in [0.2, 0.25) is 0 Å². The lowest BCUT2D eigenvalue weighted by Crippen LogP contribution is -2.44. The molecule has 28 heavy (non-hydrogen) atoms. The van der Waals surface area contributed by atoms with Crippen molar-refractivity contribution in [2.75, 3.05) is 18.4 Å². The molecule has 1 aromatic carbocycles. The Morgan fingerprint density at radius 3 is 2.89 bits per heavy atom. The molecular formula is C20H22N6O2. The van der Waals surface area contributed by atoms with Crippen molar-refractivity contribution in [1.82, 2.24) is 24.2 Å². The predicted octanol–water partition coefficient (Wildman–Crippen LogP) is 1.95. The third-order valence-electron chi connectivity index (χ3n) is 4.90. The summed E-state index contributed by atoms with van der Waals surface area (Å²) in [5.41, 5.74) is 1.60. The summed E-state index contributed by atoms with van der Waals surface area (Å²) < 4.78 is 3.49. The number of piperidine rings is 1. The second-order valence-electron chi connectivity index (χ2n) is 6.90. The highest BCUT2D eigenvalue weighted by Gasteiger charge is 2.28. The van der Waals surface area contributed by atoms with Crippen LogP contribution in [0.15, 0.2) is 61.4 Å². The minimum atomic E-state index is -0.214. The number of carbonyl (C=O) groups is 2. The second-order valence-corrected chi connectivity index (χ2v) is 6.90. The van der Waals surface area contributed by atoms with Gasteiger partial charge in [0.1, 0.15) is 6.54 Å². The molecule has 1 N–H and O–H groups in total. The zero-order valence-electron chi connectivity index (χ0n) is 15.4. The third-order valence-corrected chi connectivity index (χ3v) is 4.90. The molecule has 3 aromatic rings. The summed E-state index contributed by atoms with van der Waals surface area (Å²) in [5.74, 6) is -0.261. The molecule has 2 aromatic heterocycles. The molecule has 0 aliphatic carbocycles. The van der Waals surface area contributed by atoms with Gasteiger partial charge in [-0.05, 0) is 37.1 Å². The van der Waals surface area contributed by atoms with Crippen molar-refractivity contribution < 1.29 is 9.59 Å². The Kier molecular flexibility index (Phi) is 5.18. The molecule has 1 saturated heterocycles. The van der Waals surface area contributed by atoms with Gasteiger partial charge in [0.2, 0.25) is 11.8 Å². The van der Waals surface area contributed by atoms with E-state index >= 15 is 0 Å². The van der Waals surface area contributed by atoms with E-state index in [4.69, 9.17) is 0 Å². The monoisotopic (exact) mass is 378 g/mol. The number of rotatable bonds is 5. The van der Waals surface area contributed by atoms with Crippen molar-refractivity contribution in [3.8, 4) is 5.69 Å². The molecule has 1 aliphatic heterocycles. The fourth-order valence-electron chi connectivity index (χ4n) is 3.45. The average Bonchev–Trinajstić information content (AvgIpc) is 3.42. The van der Waals surface area contributed by atoms with E-state index in [2.05, 4.69) is 15.4 Å². The minimum absolute atomic E-state index is 0.0104. The molecule has 1 atom stereocenters. The first-order chi connectivity index (χ1) is 13.7. The van der Waals surface area contributed by atoms with Gasteiger partial charge in [0.05, 0.1) is 17.9 Å². The summed E-state index contributed by atoms with van der Waals surface area (Å²) in [6.07, 6.45) is 10.2. The van der Waals surface area contributed by atoms with Crippen LogP contribution in [-0.2, 0) is 16.1 Å².